The van der Waals surface area contributed by atoms with E-state index in [0.29, 0.717) is 13.0 Å². The lowest BCUT2D eigenvalue weighted by Gasteiger charge is -2.01. The van der Waals surface area contributed by atoms with Crippen LogP contribution in [0.15, 0.2) is 27.5 Å². The monoisotopic (exact) mass is 298 g/mol. The third-order valence-electron chi connectivity index (χ3n) is 2.51. The molecule has 5 nitrogen and oxygen atoms in total. The van der Waals surface area contributed by atoms with E-state index in [2.05, 4.69) is 20.9 Å². The molecule has 0 atom stereocenters. The van der Waals surface area contributed by atoms with Crippen molar-refractivity contribution in [2.24, 2.45) is 0 Å². The number of carbonyl (C=O) groups is 1. The topological polar surface area (TPSA) is 75.1 Å². The molecule has 6 heteroatoms. The molecule has 17 heavy (non-hydrogen) atoms. The Labute approximate surface area is 105 Å². The Hall–Kier alpha value is -1.56. The SMILES string of the molecule is O=C(O)CCCn1c(=O)[nH]c2ccc(Br)cc21. The molecule has 0 aliphatic rings. The van der Waals surface area contributed by atoms with Crippen LogP contribution in [0.2, 0.25) is 0 Å². The molecule has 0 bridgehead atoms. The number of fused-ring (bicyclic) bond motifs is 1. The molecule has 1 aromatic heterocycles. The van der Waals surface area contributed by atoms with E-state index in [9.17, 15) is 9.59 Å². The van der Waals surface area contributed by atoms with E-state index < -0.39 is 5.97 Å². The maximum Gasteiger partial charge on any atom is 0.326 e. The molecule has 1 aromatic carbocycles. The van der Waals surface area contributed by atoms with Crippen LogP contribution in [-0.2, 0) is 11.3 Å². The number of aryl methyl sites for hydroxylation is 1. The summed E-state index contributed by atoms with van der Waals surface area (Å²) in [4.78, 5) is 24.8. The quantitative estimate of drug-likeness (QED) is 0.906. The zero-order valence-electron chi connectivity index (χ0n) is 8.94. The molecule has 0 saturated heterocycles. The molecule has 2 rings (SSSR count). The van der Waals surface area contributed by atoms with Crippen molar-refractivity contribution in [2.45, 2.75) is 19.4 Å². The smallest absolute Gasteiger partial charge is 0.326 e. The van der Waals surface area contributed by atoms with Crippen molar-refractivity contribution in [3.63, 3.8) is 0 Å². The molecule has 2 N–H and O–H groups in total. The van der Waals surface area contributed by atoms with Gasteiger partial charge in [-0.25, -0.2) is 4.79 Å². The molecule has 0 unspecified atom stereocenters. The van der Waals surface area contributed by atoms with Crippen molar-refractivity contribution in [2.75, 3.05) is 0 Å². The number of H-pyrrole nitrogens is 1. The number of carboxylic acid groups (broad SMARTS) is 1. The number of benzene rings is 1. The fraction of sp³-hybridized carbons (Fsp3) is 0.273. The van der Waals surface area contributed by atoms with Crippen molar-refractivity contribution in [3.8, 4) is 0 Å². The highest BCUT2D eigenvalue weighted by Gasteiger charge is 2.07. The second-order valence-electron chi connectivity index (χ2n) is 3.74. The summed E-state index contributed by atoms with van der Waals surface area (Å²) in [7, 11) is 0. The van der Waals surface area contributed by atoms with Crippen LogP contribution >= 0.6 is 15.9 Å². The normalized spacial score (nSPS) is 10.9. The second kappa shape index (κ2) is 4.75. The van der Waals surface area contributed by atoms with Crippen LogP contribution in [0.5, 0.6) is 0 Å². The zero-order valence-corrected chi connectivity index (χ0v) is 10.5. The van der Waals surface area contributed by atoms with E-state index in [1.54, 1.807) is 4.57 Å². The number of halogens is 1. The van der Waals surface area contributed by atoms with Crippen LogP contribution < -0.4 is 5.69 Å². The molecule has 1 heterocycles. The first kappa shape index (κ1) is 11.9. The van der Waals surface area contributed by atoms with E-state index >= 15 is 0 Å². The molecule has 0 fully saturated rings. The lowest BCUT2D eigenvalue weighted by atomic mass is 10.3. The van der Waals surface area contributed by atoms with Gasteiger partial charge in [0.2, 0.25) is 0 Å². The van der Waals surface area contributed by atoms with Gasteiger partial charge in [-0.05, 0) is 24.6 Å². The summed E-state index contributed by atoms with van der Waals surface area (Å²) in [6.45, 7) is 0.404. The lowest BCUT2D eigenvalue weighted by Crippen LogP contribution is -2.17. The van der Waals surface area contributed by atoms with Crippen LogP contribution in [0.1, 0.15) is 12.8 Å². The van der Waals surface area contributed by atoms with Crippen molar-refractivity contribution < 1.29 is 9.90 Å². The number of aromatic amines is 1. The number of imidazole rings is 1. The average molecular weight is 299 g/mol. The van der Waals surface area contributed by atoms with Gasteiger partial charge in [-0.2, -0.15) is 0 Å². The first-order valence-electron chi connectivity index (χ1n) is 5.18. The molecule has 0 spiro atoms. The number of aromatic nitrogens is 2. The Morgan fingerprint density at radius 3 is 2.94 bits per heavy atom. The Balaban J connectivity index is 2.32. The summed E-state index contributed by atoms with van der Waals surface area (Å²) in [6, 6.07) is 5.50. The van der Waals surface area contributed by atoms with Gasteiger partial charge in [-0.1, -0.05) is 15.9 Å². The van der Waals surface area contributed by atoms with Crippen LogP contribution in [0.3, 0.4) is 0 Å². The number of hydrogen-bond donors (Lipinski definition) is 2. The standard InChI is InChI=1S/C11H11BrN2O3/c12-7-3-4-8-9(6-7)14(11(17)13-8)5-1-2-10(15)16/h3-4,6H,1-2,5H2,(H,13,17)(H,15,16). The Bertz CT molecular complexity index is 615. The average Bonchev–Trinajstić information content (AvgIpc) is 2.55. The van der Waals surface area contributed by atoms with Crippen molar-refractivity contribution in [1.29, 1.82) is 0 Å². The van der Waals surface area contributed by atoms with Crippen LogP contribution in [0.25, 0.3) is 11.0 Å². The van der Waals surface area contributed by atoms with E-state index in [-0.39, 0.29) is 12.1 Å². The number of aliphatic carboxylic acids is 1. The van der Waals surface area contributed by atoms with Crippen molar-refractivity contribution >= 4 is 32.9 Å². The summed E-state index contributed by atoms with van der Waals surface area (Å²) >= 11 is 3.34. The van der Waals surface area contributed by atoms with Crippen LogP contribution in [0, 0.1) is 0 Å². The highest BCUT2D eigenvalue weighted by Crippen LogP contribution is 2.17. The Kier molecular flexibility index (Phi) is 3.33. The number of hydrogen-bond acceptors (Lipinski definition) is 2. The highest BCUT2D eigenvalue weighted by atomic mass is 79.9. The van der Waals surface area contributed by atoms with Crippen molar-refractivity contribution in [3.05, 3.63) is 33.2 Å². The van der Waals surface area contributed by atoms with Crippen LogP contribution in [0.4, 0.5) is 0 Å². The van der Waals surface area contributed by atoms with Gasteiger partial charge in [0, 0.05) is 17.4 Å². The molecule has 0 aliphatic heterocycles. The molecular formula is C11H11BrN2O3. The van der Waals surface area contributed by atoms with Gasteiger partial charge < -0.3 is 10.1 Å². The van der Waals surface area contributed by atoms with Gasteiger partial charge in [-0.3, -0.25) is 9.36 Å². The molecule has 90 valence electrons. The summed E-state index contributed by atoms with van der Waals surface area (Å²) in [5, 5.41) is 8.57. The van der Waals surface area contributed by atoms with Gasteiger partial charge in [0.05, 0.1) is 11.0 Å². The predicted octanol–water partition coefficient (Wildman–Crippen LogP) is 1.96. The minimum Gasteiger partial charge on any atom is -0.481 e. The van der Waals surface area contributed by atoms with Gasteiger partial charge >= 0.3 is 11.7 Å². The number of rotatable bonds is 4. The molecule has 0 saturated carbocycles. The largest absolute Gasteiger partial charge is 0.481 e. The summed E-state index contributed by atoms with van der Waals surface area (Å²) in [5.74, 6) is -0.848. The van der Waals surface area contributed by atoms with Crippen molar-refractivity contribution in [1.82, 2.24) is 9.55 Å². The van der Waals surface area contributed by atoms with Gasteiger partial charge in [0.25, 0.3) is 0 Å². The number of nitrogens with zero attached hydrogens (tertiary/aromatic N) is 1. The number of nitrogens with one attached hydrogen (secondary N) is 1. The maximum atomic E-state index is 11.7. The molecule has 0 radical (unpaired) electrons. The fourth-order valence-electron chi connectivity index (χ4n) is 1.74. The van der Waals surface area contributed by atoms with E-state index in [1.807, 2.05) is 18.2 Å². The predicted molar refractivity (Wildman–Crippen MR) is 67.1 cm³/mol. The van der Waals surface area contributed by atoms with E-state index in [1.165, 1.54) is 0 Å². The first-order valence-corrected chi connectivity index (χ1v) is 5.97. The van der Waals surface area contributed by atoms with Gasteiger partial charge in [-0.15, -0.1) is 0 Å². The van der Waals surface area contributed by atoms with Gasteiger partial charge in [0.15, 0.2) is 0 Å². The summed E-state index contributed by atoms with van der Waals surface area (Å²) in [6.07, 6.45) is 0.502. The minimum atomic E-state index is -0.848. The Morgan fingerprint density at radius 2 is 2.24 bits per heavy atom. The molecule has 0 amide bonds. The molecular weight excluding hydrogens is 288 g/mol. The third-order valence-corrected chi connectivity index (χ3v) is 3.00. The first-order chi connectivity index (χ1) is 8.08. The third kappa shape index (κ3) is 2.58. The molecule has 2 aromatic rings. The maximum absolute atomic E-state index is 11.7. The minimum absolute atomic E-state index is 0.0626. The summed E-state index contributed by atoms with van der Waals surface area (Å²) in [5.41, 5.74) is 1.34. The van der Waals surface area contributed by atoms with E-state index in [4.69, 9.17) is 5.11 Å². The van der Waals surface area contributed by atoms with Gasteiger partial charge in [0.1, 0.15) is 0 Å². The zero-order chi connectivity index (χ0) is 12.4. The van der Waals surface area contributed by atoms with Crippen LogP contribution in [-0.4, -0.2) is 20.6 Å². The highest BCUT2D eigenvalue weighted by molar-refractivity contribution is 9.10. The second-order valence-corrected chi connectivity index (χ2v) is 4.66. The Morgan fingerprint density at radius 1 is 1.47 bits per heavy atom. The lowest BCUT2D eigenvalue weighted by molar-refractivity contribution is -0.137. The number of carboxylic acids is 1. The van der Waals surface area contributed by atoms with E-state index in [0.717, 1.165) is 15.5 Å². The summed E-state index contributed by atoms with van der Waals surface area (Å²) < 4.78 is 2.44. The fourth-order valence-corrected chi connectivity index (χ4v) is 2.09. The molecule has 0 aliphatic carbocycles.